The molecule has 1 heteroatoms. The van der Waals surface area contributed by atoms with E-state index in [1.165, 1.54) is 56.9 Å². The van der Waals surface area contributed by atoms with E-state index in [0.29, 0.717) is 6.04 Å². The van der Waals surface area contributed by atoms with Gasteiger partial charge in [-0.15, -0.1) is 0 Å². The standard InChI is InChI=1S/C17H27N/c1-18-17(16-11-7-2-3-8-12-16)14-13-15-9-5-4-6-10-15/h4-6,9-10,16-18H,2-3,7-8,11-14H2,1H3. The van der Waals surface area contributed by atoms with Gasteiger partial charge >= 0.3 is 0 Å². The van der Waals surface area contributed by atoms with Crippen LogP contribution in [0.15, 0.2) is 30.3 Å². The van der Waals surface area contributed by atoms with Crippen molar-refractivity contribution in [2.45, 2.75) is 57.4 Å². The minimum Gasteiger partial charge on any atom is -0.317 e. The second-order valence-electron chi connectivity index (χ2n) is 5.67. The van der Waals surface area contributed by atoms with Gasteiger partial charge in [-0.1, -0.05) is 56.0 Å². The predicted molar refractivity (Wildman–Crippen MR) is 78.8 cm³/mol. The van der Waals surface area contributed by atoms with Gasteiger partial charge in [0.2, 0.25) is 0 Å². The van der Waals surface area contributed by atoms with Crippen molar-refractivity contribution in [3.05, 3.63) is 35.9 Å². The molecule has 1 atom stereocenters. The van der Waals surface area contributed by atoms with Crippen molar-refractivity contribution in [1.82, 2.24) is 5.32 Å². The van der Waals surface area contributed by atoms with Gasteiger partial charge in [-0.25, -0.2) is 0 Å². The normalized spacial score (nSPS) is 19.4. The lowest BCUT2D eigenvalue weighted by Gasteiger charge is -2.26. The number of hydrogen-bond donors (Lipinski definition) is 1. The molecule has 100 valence electrons. The summed E-state index contributed by atoms with van der Waals surface area (Å²) in [5, 5.41) is 3.57. The fraction of sp³-hybridized carbons (Fsp3) is 0.647. The van der Waals surface area contributed by atoms with Gasteiger partial charge in [-0.3, -0.25) is 0 Å². The molecule has 0 saturated heterocycles. The second kappa shape index (κ2) is 7.58. The van der Waals surface area contributed by atoms with Gasteiger partial charge in [0.15, 0.2) is 0 Å². The largest absolute Gasteiger partial charge is 0.317 e. The minimum atomic E-state index is 0.711. The van der Waals surface area contributed by atoms with Crippen LogP contribution in [0, 0.1) is 5.92 Å². The van der Waals surface area contributed by atoms with Crippen LogP contribution >= 0.6 is 0 Å². The molecule has 0 radical (unpaired) electrons. The van der Waals surface area contributed by atoms with Crippen LogP contribution in [-0.4, -0.2) is 13.1 Å². The van der Waals surface area contributed by atoms with Crippen molar-refractivity contribution in [3.8, 4) is 0 Å². The van der Waals surface area contributed by atoms with E-state index in [0.717, 1.165) is 5.92 Å². The van der Waals surface area contributed by atoms with E-state index >= 15 is 0 Å². The minimum absolute atomic E-state index is 0.711. The fourth-order valence-corrected chi connectivity index (χ4v) is 3.30. The molecule has 1 nitrogen and oxygen atoms in total. The Morgan fingerprint density at radius 1 is 1.06 bits per heavy atom. The van der Waals surface area contributed by atoms with Crippen LogP contribution in [-0.2, 0) is 6.42 Å². The SMILES string of the molecule is CNC(CCc1ccccc1)C1CCCCCC1. The summed E-state index contributed by atoms with van der Waals surface area (Å²) in [7, 11) is 2.14. The quantitative estimate of drug-likeness (QED) is 0.767. The Balaban J connectivity index is 1.84. The summed E-state index contributed by atoms with van der Waals surface area (Å²) in [6, 6.07) is 11.6. The monoisotopic (exact) mass is 245 g/mol. The molecule has 1 fully saturated rings. The highest BCUT2D eigenvalue weighted by molar-refractivity contribution is 5.14. The summed E-state index contributed by atoms with van der Waals surface area (Å²) >= 11 is 0. The predicted octanol–water partition coefficient (Wildman–Crippen LogP) is 4.18. The van der Waals surface area contributed by atoms with E-state index in [2.05, 4.69) is 42.7 Å². The summed E-state index contributed by atoms with van der Waals surface area (Å²) in [5.74, 6) is 0.904. The van der Waals surface area contributed by atoms with Crippen LogP contribution in [0.5, 0.6) is 0 Å². The maximum Gasteiger partial charge on any atom is 0.00954 e. The molecule has 1 aliphatic rings. The van der Waals surface area contributed by atoms with Crippen molar-refractivity contribution in [1.29, 1.82) is 0 Å². The average Bonchev–Trinajstić information content (AvgIpc) is 2.70. The first kappa shape index (κ1) is 13.6. The lowest BCUT2D eigenvalue weighted by Crippen LogP contribution is -2.33. The molecular formula is C17H27N. The van der Waals surface area contributed by atoms with Crippen LogP contribution in [0.1, 0.15) is 50.5 Å². The van der Waals surface area contributed by atoms with Gasteiger partial charge in [-0.05, 0) is 44.2 Å². The molecule has 1 N–H and O–H groups in total. The van der Waals surface area contributed by atoms with Gasteiger partial charge in [0, 0.05) is 6.04 Å². The highest BCUT2D eigenvalue weighted by Gasteiger charge is 2.20. The Morgan fingerprint density at radius 3 is 2.33 bits per heavy atom. The maximum absolute atomic E-state index is 3.57. The lowest BCUT2D eigenvalue weighted by atomic mass is 9.88. The van der Waals surface area contributed by atoms with Gasteiger partial charge < -0.3 is 5.32 Å². The van der Waals surface area contributed by atoms with E-state index < -0.39 is 0 Å². The Hall–Kier alpha value is -0.820. The van der Waals surface area contributed by atoms with Crippen LogP contribution < -0.4 is 5.32 Å². The zero-order chi connectivity index (χ0) is 12.6. The van der Waals surface area contributed by atoms with E-state index in [4.69, 9.17) is 0 Å². The molecule has 0 amide bonds. The molecule has 0 spiro atoms. The first-order valence-corrected chi connectivity index (χ1v) is 7.61. The maximum atomic E-state index is 3.57. The Morgan fingerprint density at radius 2 is 1.72 bits per heavy atom. The van der Waals surface area contributed by atoms with Crippen LogP contribution in [0.2, 0.25) is 0 Å². The molecule has 1 aromatic rings. The molecular weight excluding hydrogens is 218 g/mol. The summed E-state index contributed by atoms with van der Waals surface area (Å²) in [5.41, 5.74) is 1.48. The number of rotatable bonds is 5. The zero-order valence-corrected chi connectivity index (χ0v) is 11.7. The fourth-order valence-electron chi connectivity index (χ4n) is 3.30. The van der Waals surface area contributed by atoms with Crippen LogP contribution in [0.3, 0.4) is 0 Å². The van der Waals surface area contributed by atoms with Crippen molar-refractivity contribution in [3.63, 3.8) is 0 Å². The summed E-state index contributed by atoms with van der Waals surface area (Å²) in [6.07, 6.45) is 11.1. The third kappa shape index (κ3) is 4.13. The Kier molecular flexibility index (Phi) is 5.73. The summed E-state index contributed by atoms with van der Waals surface area (Å²) in [6.45, 7) is 0. The molecule has 0 aliphatic heterocycles. The number of hydrogen-bond acceptors (Lipinski definition) is 1. The second-order valence-corrected chi connectivity index (χ2v) is 5.67. The smallest absolute Gasteiger partial charge is 0.00954 e. The molecule has 1 saturated carbocycles. The molecule has 0 heterocycles. The molecule has 0 bridgehead atoms. The summed E-state index contributed by atoms with van der Waals surface area (Å²) in [4.78, 5) is 0. The third-order valence-corrected chi connectivity index (χ3v) is 4.43. The zero-order valence-electron chi connectivity index (χ0n) is 11.7. The van der Waals surface area contributed by atoms with E-state index in [1.807, 2.05) is 0 Å². The van der Waals surface area contributed by atoms with Crippen molar-refractivity contribution >= 4 is 0 Å². The van der Waals surface area contributed by atoms with Gasteiger partial charge in [-0.2, -0.15) is 0 Å². The number of nitrogens with one attached hydrogen (secondary N) is 1. The van der Waals surface area contributed by atoms with E-state index in [1.54, 1.807) is 0 Å². The van der Waals surface area contributed by atoms with E-state index in [-0.39, 0.29) is 0 Å². The third-order valence-electron chi connectivity index (χ3n) is 4.43. The van der Waals surface area contributed by atoms with Gasteiger partial charge in [0.1, 0.15) is 0 Å². The number of benzene rings is 1. The topological polar surface area (TPSA) is 12.0 Å². The molecule has 1 aromatic carbocycles. The average molecular weight is 245 g/mol. The summed E-state index contributed by atoms with van der Waals surface area (Å²) < 4.78 is 0. The first-order chi connectivity index (χ1) is 8.90. The first-order valence-electron chi connectivity index (χ1n) is 7.61. The Labute approximate surface area is 112 Å². The lowest BCUT2D eigenvalue weighted by molar-refractivity contribution is 0.319. The van der Waals surface area contributed by atoms with Gasteiger partial charge in [0.25, 0.3) is 0 Å². The Bertz CT molecular complexity index is 312. The van der Waals surface area contributed by atoms with Crippen LogP contribution in [0.4, 0.5) is 0 Å². The highest BCUT2D eigenvalue weighted by atomic mass is 14.9. The molecule has 1 aliphatic carbocycles. The van der Waals surface area contributed by atoms with E-state index in [9.17, 15) is 0 Å². The molecule has 18 heavy (non-hydrogen) atoms. The molecule has 0 aromatic heterocycles. The van der Waals surface area contributed by atoms with Crippen LogP contribution in [0.25, 0.3) is 0 Å². The molecule has 1 unspecified atom stereocenters. The van der Waals surface area contributed by atoms with Crippen molar-refractivity contribution in [2.75, 3.05) is 7.05 Å². The van der Waals surface area contributed by atoms with Crippen molar-refractivity contribution < 1.29 is 0 Å². The number of aryl methyl sites for hydroxylation is 1. The van der Waals surface area contributed by atoms with Crippen molar-refractivity contribution in [2.24, 2.45) is 5.92 Å². The van der Waals surface area contributed by atoms with Gasteiger partial charge in [0.05, 0.1) is 0 Å². The highest BCUT2D eigenvalue weighted by Crippen LogP contribution is 2.27. The molecule has 2 rings (SSSR count).